The molecule has 0 saturated carbocycles. The van der Waals surface area contributed by atoms with Crippen LogP contribution in [-0.4, -0.2) is 10.7 Å². The Morgan fingerprint density at radius 3 is 2.61 bits per heavy atom. The first-order valence-electron chi connectivity index (χ1n) is 7.89. The van der Waals surface area contributed by atoms with E-state index in [4.69, 9.17) is 0 Å². The molecule has 0 aliphatic carbocycles. The van der Waals surface area contributed by atoms with Gasteiger partial charge in [-0.3, -0.25) is 4.79 Å². The normalized spacial score (nSPS) is 11.2. The van der Waals surface area contributed by atoms with Gasteiger partial charge in [0.2, 0.25) is 0 Å². The highest BCUT2D eigenvalue weighted by Gasteiger charge is 2.13. The number of hydrogen-bond donors (Lipinski definition) is 0. The van der Waals surface area contributed by atoms with Gasteiger partial charge in [-0.25, -0.2) is 0 Å². The zero-order chi connectivity index (χ0) is 15.8. The van der Waals surface area contributed by atoms with Gasteiger partial charge in [0.15, 0.2) is 6.29 Å². The summed E-state index contributed by atoms with van der Waals surface area (Å²) < 4.78 is 2.00. The molecule has 0 unspecified atom stereocenters. The summed E-state index contributed by atoms with van der Waals surface area (Å²) in [6, 6.07) is 20.8. The number of fused-ring (bicyclic) bond motifs is 2. The molecule has 0 fully saturated rings. The summed E-state index contributed by atoms with van der Waals surface area (Å²) >= 11 is 0. The minimum atomic E-state index is 0.714. The predicted molar refractivity (Wildman–Crippen MR) is 95.1 cm³/mol. The third-order valence-corrected chi connectivity index (χ3v) is 4.47. The molecule has 0 radical (unpaired) electrons. The van der Waals surface area contributed by atoms with Crippen molar-refractivity contribution in [3.63, 3.8) is 0 Å². The van der Waals surface area contributed by atoms with Crippen LogP contribution in [-0.2, 0) is 6.42 Å². The molecule has 0 N–H and O–H groups in total. The van der Waals surface area contributed by atoms with Crippen molar-refractivity contribution in [3.05, 3.63) is 78.1 Å². The largest absolute Gasteiger partial charge is 0.313 e. The van der Waals surface area contributed by atoms with Crippen molar-refractivity contribution >= 4 is 22.6 Å². The maximum absolute atomic E-state index is 11.8. The van der Waals surface area contributed by atoms with Gasteiger partial charge >= 0.3 is 0 Å². The third kappa shape index (κ3) is 2.15. The van der Waals surface area contributed by atoms with E-state index in [0.717, 1.165) is 29.4 Å². The quantitative estimate of drug-likeness (QED) is 0.480. The van der Waals surface area contributed by atoms with Gasteiger partial charge in [-0.05, 0) is 40.5 Å². The van der Waals surface area contributed by atoms with Crippen LogP contribution in [0.25, 0.3) is 27.4 Å². The Labute approximate surface area is 135 Å². The molecule has 0 aliphatic heterocycles. The Hall–Kier alpha value is -2.87. The van der Waals surface area contributed by atoms with Gasteiger partial charge in [-0.2, -0.15) is 0 Å². The fourth-order valence-electron chi connectivity index (χ4n) is 3.24. The number of rotatable bonds is 3. The molecule has 0 saturated heterocycles. The second-order valence-electron chi connectivity index (χ2n) is 5.77. The fourth-order valence-corrected chi connectivity index (χ4v) is 3.24. The van der Waals surface area contributed by atoms with Crippen molar-refractivity contribution in [2.45, 2.75) is 13.3 Å². The standard InChI is InChI=1S/C21H17NO/c1-2-15-10-11-17-12-20(21(14-23)22(17)13-15)19-9-5-7-16-6-3-4-8-18(16)19/h3-14H,2H2,1H3. The summed E-state index contributed by atoms with van der Waals surface area (Å²) in [5.41, 5.74) is 5.08. The summed E-state index contributed by atoms with van der Waals surface area (Å²) in [5.74, 6) is 0. The molecule has 2 heteroatoms. The smallest absolute Gasteiger partial charge is 0.167 e. The topological polar surface area (TPSA) is 21.5 Å². The number of pyridine rings is 1. The van der Waals surface area contributed by atoms with E-state index in [1.165, 1.54) is 16.3 Å². The van der Waals surface area contributed by atoms with E-state index < -0.39 is 0 Å². The van der Waals surface area contributed by atoms with Crippen LogP contribution in [0.3, 0.4) is 0 Å². The second-order valence-corrected chi connectivity index (χ2v) is 5.77. The van der Waals surface area contributed by atoms with E-state index >= 15 is 0 Å². The van der Waals surface area contributed by atoms with Crippen molar-refractivity contribution in [2.75, 3.05) is 0 Å². The lowest BCUT2D eigenvalue weighted by atomic mass is 9.98. The van der Waals surface area contributed by atoms with Gasteiger partial charge in [-0.1, -0.05) is 55.5 Å². The lowest BCUT2D eigenvalue weighted by Crippen LogP contribution is -1.94. The highest BCUT2D eigenvalue weighted by atomic mass is 16.1. The number of aryl methyl sites for hydroxylation is 1. The molecule has 2 aromatic carbocycles. The van der Waals surface area contributed by atoms with Crippen LogP contribution in [0.2, 0.25) is 0 Å². The number of hydrogen-bond acceptors (Lipinski definition) is 1. The Balaban J connectivity index is 2.06. The Morgan fingerprint density at radius 2 is 1.78 bits per heavy atom. The van der Waals surface area contributed by atoms with Crippen LogP contribution >= 0.6 is 0 Å². The number of aromatic nitrogens is 1. The van der Waals surface area contributed by atoms with E-state index in [2.05, 4.69) is 55.6 Å². The van der Waals surface area contributed by atoms with Gasteiger partial charge in [0, 0.05) is 17.3 Å². The van der Waals surface area contributed by atoms with Crippen LogP contribution < -0.4 is 0 Å². The molecule has 112 valence electrons. The number of nitrogens with zero attached hydrogens (tertiary/aromatic N) is 1. The van der Waals surface area contributed by atoms with E-state index in [-0.39, 0.29) is 0 Å². The molecule has 23 heavy (non-hydrogen) atoms. The molecule has 2 heterocycles. The van der Waals surface area contributed by atoms with Crippen molar-refractivity contribution in [3.8, 4) is 11.1 Å². The van der Waals surface area contributed by atoms with Crippen molar-refractivity contribution in [1.82, 2.24) is 4.40 Å². The number of carbonyl (C=O) groups is 1. The zero-order valence-electron chi connectivity index (χ0n) is 13.0. The summed E-state index contributed by atoms with van der Waals surface area (Å²) in [5, 5.41) is 2.36. The maximum Gasteiger partial charge on any atom is 0.167 e. The van der Waals surface area contributed by atoms with E-state index in [0.29, 0.717) is 5.69 Å². The van der Waals surface area contributed by atoms with Crippen molar-refractivity contribution in [1.29, 1.82) is 0 Å². The molecule has 0 atom stereocenters. The van der Waals surface area contributed by atoms with Gasteiger partial charge in [0.25, 0.3) is 0 Å². The van der Waals surface area contributed by atoms with Crippen LogP contribution in [0.5, 0.6) is 0 Å². The lowest BCUT2D eigenvalue weighted by Gasteiger charge is -2.06. The van der Waals surface area contributed by atoms with Gasteiger partial charge in [0.1, 0.15) is 0 Å². The molecule has 0 spiro atoms. The van der Waals surface area contributed by atoms with E-state index in [9.17, 15) is 4.79 Å². The maximum atomic E-state index is 11.8. The monoisotopic (exact) mass is 299 g/mol. The average molecular weight is 299 g/mol. The number of benzene rings is 2. The first kappa shape index (κ1) is 13.8. The molecule has 2 aromatic heterocycles. The number of aldehydes is 1. The van der Waals surface area contributed by atoms with Gasteiger partial charge < -0.3 is 4.40 Å². The van der Waals surface area contributed by atoms with E-state index in [1.54, 1.807) is 0 Å². The molecule has 0 aliphatic rings. The first-order valence-corrected chi connectivity index (χ1v) is 7.89. The molecule has 4 aromatic rings. The van der Waals surface area contributed by atoms with Crippen LogP contribution in [0.4, 0.5) is 0 Å². The first-order chi connectivity index (χ1) is 11.3. The van der Waals surface area contributed by atoms with Crippen molar-refractivity contribution < 1.29 is 4.79 Å². The predicted octanol–water partition coefficient (Wildman–Crippen LogP) is 5.13. The lowest BCUT2D eigenvalue weighted by molar-refractivity contribution is 0.111. The molecule has 4 rings (SSSR count). The Morgan fingerprint density at radius 1 is 0.957 bits per heavy atom. The van der Waals surface area contributed by atoms with E-state index in [1.807, 2.05) is 22.6 Å². The highest BCUT2D eigenvalue weighted by Crippen LogP contribution is 2.32. The second kappa shape index (κ2) is 5.40. The summed E-state index contributed by atoms with van der Waals surface area (Å²) in [6.07, 6.45) is 3.98. The van der Waals surface area contributed by atoms with Crippen LogP contribution in [0, 0.1) is 0 Å². The summed E-state index contributed by atoms with van der Waals surface area (Å²) in [4.78, 5) is 11.8. The highest BCUT2D eigenvalue weighted by molar-refractivity contribution is 6.01. The Kier molecular flexibility index (Phi) is 3.23. The number of carbonyl (C=O) groups excluding carboxylic acids is 1. The molecule has 2 nitrogen and oxygen atoms in total. The van der Waals surface area contributed by atoms with Crippen molar-refractivity contribution in [2.24, 2.45) is 0 Å². The molecular formula is C21H17NO. The molecule has 0 bridgehead atoms. The molecule has 0 amide bonds. The fraction of sp³-hybridized carbons (Fsp3) is 0.0952. The summed E-state index contributed by atoms with van der Waals surface area (Å²) in [7, 11) is 0. The van der Waals surface area contributed by atoms with Crippen LogP contribution in [0.15, 0.2) is 66.9 Å². The minimum Gasteiger partial charge on any atom is -0.313 e. The zero-order valence-corrected chi connectivity index (χ0v) is 13.0. The third-order valence-electron chi connectivity index (χ3n) is 4.47. The minimum absolute atomic E-state index is 0.714. The molecular weight excluding hydrogens is 282 g/mol. The van der Waals surface area contributed by atoms with Gasteiger partial charge in [0.05, 0.1) is 5.69 Å². The van der Waals surface area contributed by atoms with Gasteiger partial charge in [-0.15, -0.1) is 0 Å². The summed E-state index contributed by atoms with van der Waals surface area (Å²) in [6.45, 7) is 2.12. The Bertz CT molecular complexity index is 1020. The SMILES string of the molecule is CCc1ccc2cc(-c3cccc4ccccc34)c(C=O)n2c1. The average Bonchev–Trinajstić information content (AvgIpc) is 2.98. The van der Waals surface area contributed by atoms with Crippen LogP contribution in [0.1, 0.15) is 23.0 Å².